The van der Waals surface area contributed by atoms with Crippen LogP contribution in [0.5, 0.6) is 0 Å². The second-order valence-corrected chi connectivity index (χ2v) is 6.57. The van der Waals surface area contributed by atoms with E-state index in [0.717, 1.165) is 36.8 Å². The van der Waals surface area contributed by atoms with Crippen molar-refractivity contribution in [2.45, 2.75) is 46.8 Å². The number of nitrogens with zero attached hydrogens (tertiary/aromatic N) is 4. The molecule has 3 rings (SSSR count). The van der Waals surface area contributed by atoms with Crippen LogP contribution >= 0.6 is 0 Å². The van der Waals surface area contributed by atoms with Crippen LogP contribution in [-0.4, -0.2) is 27.0 Å². The lowest BCUT2D eigenvalue weighted by molar-refractivity contribution is 0.463. The Balaban J connectivity index is 1.59. The molecule has 0 radical (unpaired) electrons. The fourth-order valence-electron chi connectivity index (χ4n) is 2.86. The lowest BCUT2D eigenvalue weighted by Crippen LogP contribution is -2.37. The summed E-state index contributed by atoms with van der Waals surface area (Å²) in [5.41, 5.74) is 2.23. The van der Waals surface area contributed by atoms with Crippen LogP contribution in [0.1, 0.15) is 35.7 Å². The van der Waals surface area contributed by atoms with Crippen LogP contribution < -0.4 is 10.6 Å². The summed E-state index contributed by atoms with van der Waals surface area (Å²) in [5, 5.41) is 6.51. The largest absolute Gasteiger partial charge is 0.444 e. The molecular formula is C21H28N6O. The van der Waals surface area contributed by atoms with Crippen LogP contribution in [0.2, 0.25) is 0 Å². The number of imidazole rings is 1. The summed E-state index contributed by atoms with van der Waals surface area (Å²) in [5.74, 6) is 3.16. The van der Waals surface area contributed by atoms with Gasteiger partial charge in [0.25, 0.3) is 0 Å². The Hall–Kier alpha value is -3.09. The molecule has 0 unspecified atom stereocenters. The predicted molar refractivity (Wildman–Crippen MR) is 110 cm³/mol. The van der Waals surface area contributed by atoms with E-state index < -0.39 is 0 Å². The normalized spacial score (nSPS) is 11.6. The van der Waals surface area contributed by atoms with E-state index in [-0.39, 0.29) is 0 Å². The van der Waals surface area contributed by atoms with Gasteiger partial charge in [0.1, 0.15) is 18.1 Å². The van der Waals surface area contributed by atoms with Gasteiger partial charge in [-0.2, -0.15) is 0 Å². The molecule has 0 aliphatic rings. The van der Waals surface area contributed by atoms with Crippen molar-refractivity contribution in [2.24, 2.45) is 4.99 Å². The van der Waals surface area contributed by atoms with Crippen molar-refractivity contribution in [3.63, 3.8) is 0 Å². The second kappa shape index (κ2) is 9.73. The molecule has 0 aliphatic heterocycles. The first-order valence-electron chi connectivity index (χ1n) is 9.64. The molecule has 0 amide bonds. The van der Waals surface area contributed by atoms with Gasteiger partial charge in [0.2, 0.25) is 5.89 Å². The van der Waals surface area contributed by atoms with Crippen molar-refractivity contribution >= 4 is 5.96 Å². The fourth-order valence-corrected chi connectivity index (χ4v) is 2.86. The monoisotopic (exact) mass is 380 g/mol. The zero-order chi connectivity index (χ0) is 19.8. The topological polar surface area (TPSA) is 80.3 Å². The summed E-state index contributed by atoms with van der Waals surface area (Å²) in [4.78, 5) is 13.5. The van der Waals surface area contributed by atoms with Crippen molar-refractivity contribution in [1.29, 1.82) is 0 Å². The van der Waals surface area contributed by atoms with Gasteiger partial charge >= 0.3 is 0 Å². The number of benzene rings is 1. The molecule has 2 N–H and O–H groups in total. The van der Waals surface area contributed by atoms with E-state index in [9.17, 15) is 0 Å². The van der Waals surface area contributed by atoms with E-state index in [1.807, 2.05) is 39.2 Å². The molecule has 0 saturated heterocycles. The van der Waals surface area contributed by atoms with Gasteiger partial charge in [0.05, 0.1) is 12.2 Å². The van der Waals surface area contributed by atoms with E-state index in [1.165, 1.54) is 5.56 Å². The number of oxazole rings is 1. The minimum atomic E-state index is 0.489. The van der Waals surface area contributed by atoms with Gasteiger partial charge in [-0.05, 0) is 32.8 Å². The van der Waals surface area contributed by atoms with Gasteiger partial charge < -0.3 is 19.6 Å². The third-order valence-electron chi connectivity index (χ3n) is 4.49. The van der Waals surface area contributed by atoms with Crippen LogP contribution in [0.15, 0.2) is 52.1 Å². The lowest BCUT2D eigenvalue weighted by atomic mass is 10.1. The Morgan fingerprint density at radius 3 is 2.71 bits per heavy atom. The average molecular weight is 380 g/mol. The molecule has 7 heteroatoms. The Labute approximate surface area is 165 Å². The molecule has 28 heavy (non-hydrogen) atoms. The summed E-state index contributed by atoms with van der Waals surface area (Å²) >= 11 is 0. The highest BCUT2D eigenvalue weighted by atomic mass is 16.4. The molecule has 3 aromatic rings. The lowest BCUT2D eigenvalue weighted by Gasteiger charge is -2.10. The molecule has 2 heterocycles. The SMILES string of the molecule is CCNC(=NCc1nccn1CCc1ccccc1)NCc1nc(C)c(C)o1. The average Bonchev–Trinajstić information content (AvgIpc) is 3.29. The van der Waals surface area contributed by atoms with Crippen LogP contribution in [0.25, 0.3) is 0 Å². The van der Waals surface area contributed by atoms with Gasteiger partial charge in [-0.1, -0.05) is 30.3 Å². The van der Waals surface area contributed by atoms with Gasteiger partial charge in [-0.3, -0.25) is 0 Å². The molecule has 148 valence electrons. The minimum Gasteiger partial charge on any atom is -0.444 e. The first-order chi connectivity index (χ1) is 13.7. The van der Waals surface area contributed by atoms with Gasteiger partial charge in [0.15, 0.2) is 5.96 Å². The first-order valence-corrected chi connectivity index (χ1v) is 9.64. The van der Waals surface area contributed by atoms with Crippen LogP contribution in [0, 0.1) is 13.8 Å². The summed E-state index contributed by atoms with van der Waals surface area (Å²) in [6.45, 7) is 8.55. The second-order valence-electron chi connectivity index (χ2n) is 6.57. The predicted octanol–water partition coefficient (Wildman–Crippen LogP) is 2.99. The molecule has 0 aliphatic carbocycles. The fraction of sp³-hybridized carbons (Fsp3) is 0.381. The molecule has 0 atom stereocenters. The van der Waals surface area contributed by atoms with Crippen molar-refractivity contribution in [3.05, 3.63) is 71.5 Å². The number of hydrogen-bond acceptors (Lipinski definition) is 4. The zero-order valence-corrected chi connectivity index (χ0v) is 16.8. The molecule has 0 fully saturated rings. The molecule has 2 aromatic heterocycles. The van der Waals surface area contributed by atoms with E-state index in [0.29, 0.717) is 24.9 Å². The standard InChI is InChI=1S/C21H28N6O/c1-4-22-21(25-15-20-26-16(2)17(3)28-20)24-14-19-23-11-13-27(19)12-10-18-8-6-5-7-9-18/h5-9,11,13H,4,10,12,14-15H2,1-3H3,(H2,22,24,25). The number of rotatable bonds is 8. The smallest absolute Gasteiger partial charge is 0.214 e. The third kappa shape index (κ3) is 5.45. The third-order valence-corrected chi connectivity index (χ3v) is 4.49. The molecule has 0 spiro atoms. The van der Waals surface area contributed by atoms with Crippen molar-refractivity contribution in [1.82, 2.24) is 25.2 Å². The molecule has 1 aromatic carbocycles. The minimum absolute atomic E-state index is 0.489. The number of guanidine groups is 1. The van der Waals surface area contributed by atoms with Gasteiger partial charge in [-0.15, -0.1) is 0 Å². The number of aromatic nitrogens is 3. The Kier molecular flexibility index (Phi) is 6.84. The van der Waals surface area contributed by atoms with Crippen LogP contribution in [0.3, 0.4) is 0 Å². The quantitative estimate of drug-likeness (QED) is 0.464. The highest BCUT2D eigenvalue weighted by Crippen LogP contribution is 2.08. The summed E-state index contributed by atoms with van der Waals surface area (Å²) in [6, 6.07) is 10.5. The van der Waals surface area contributed by atoms with Crippen molar-refractivity contribution in [3.8, 4) is 0 Å². The van der Waals surface area contributed by atoms with E-state index in [4.69, 9.17) is 4.42 Å². The maximum absolute atomic E-state index is 5.61. The zero-order valence-electron chi connectivity index (χ0n) is 16.8. The molecule has 7 nitrogen and oxygen atoms in total. The number of aryl methyl sites for hydroxylation is 4. The number of nitrogens with one attached hydrogen (secondary N) is 2. The number of hydrogen-bond donors (Lipinski definition) is 2. The molecular weight excluding hydrogens is 352 g/mol. The maximum Gasteiger partial charge on any atom is 0.214 e. The van der Waals surface area contributed by atoms with Gasteiger partial charge in [0, 0.05) is 25.5 Å². The Morgan fingerprint density at radius 1 is 1.18 bits per heavy atom. The maximum atomic E-state index is 5.61. The Bertz CT molecular complexity index is 877. The van der Waals surface area contributed by atoms with Crippen molar-refractivity contribution in [2.75, 3.05) is 6.54 Å². The van der Waals surface area contributed by atoms with Crippen LogP contribution in [-0.2, 0) is 26.1 Å². The molecule has 0 saturated carbocycles. The number of aliphatic imine (C=N–C) groups is 1. The summed E-state index contributed by atoms with van der Waals surface area (Å²) in [7, 11) is 0. The Morgan fingerprint density at radius 2 is 2.00 bits per heavy atom. The molecule has 0 bridgehead atoms. The van der Waals surface area contributed by atoms with Crippen LogP contribution in [0.4, 0.5) is 0 Å². The van der Waals surface area contributed by atoms with E-state index in [2.05, 4.69) is 54.4 Å². The highest BCUT2D eigenvalue weighted by Gasteiger charge is 2.07. The highest BCUT2D eigenvalue weighted by molar-refractivity contribution is 5.79. The first kappa shape index (κ1) is 19.7. The van der Waals surface area contributed by atoms with E-state index >= 15 is 0 Å². The summed E-state index contributed by atoms with van der Waals surface area (Å²) in [6.07, 6.45) is 4.80. The van der Waals surface area contributed by atoms with Crippen molar-refractivity contribution < 1.29 is 4.42 Å². The van der Waals surface area contributed by atoms with Gasteiger partial charge in [-0.25, -0.2) is 15.0 Å². The van der Waals surface area contributed by atoms with E-state index in [1.54, 1.807) is 0 Å². The summed E-state index contributed by atoms with van der Waals surface area (Å²) < 4.78 is 7.77.